The normalized spacial score (nSPS) is 12.5. The van der Waals surface area contributed by atoms with E-state index >= 15 is 0 Å². The van der Waals surface area contributed by atoms with Gasteiger partial charge in [-0.1, -0.05) is 267 Å². The van der Waals surface area contributed by atoms with E-state index in [1.807, 2.05) is 0 Å². The van der Waals surface area contributed by atoms with Crippen LogP contribution in [0.25, 0.3) is 0 Å². The van der Waals surface area contributed by atoms with E-state index in [0.717, 1.165) is 103 Å². The SMILES string of the molecule is CC/C=C\C/C=C\C/C=C\C/C=C\C/C=C\CCCCCCCCCCCCCC(=O)OCC(COC(=O)CCCCCCCCCCCCCC)OC(=O)CCCCCCC/C=C\CCCCCCC. The first-order valence-electron chi connectivity index (χ1n) is 30.4. The molecule has 0 aliphatic heterocycles. The van der Waals surface area contributed by atoms with Crippen LogP contribution in [0.15, 0.2) is 72.9 Å². The maximum atomic E-state index is 12.8. The Morgan fingerprint density at radius 3 is 0.873 bits per heavy atom. The highest BCUT2D eigenvalue weighted by Gasteiger charge is 2.19. The molecule has 0 aliphatic rings. The van der Waals surface area contributed by atoms with Gasteiger partial charge in [-0.2, -0.15) is 0 Å². The zero-order valence-corrected chi connectivity index (χ0v) is 47.0. The lowest BCUT2D eigenvalue weighted by atomic mass is 10.0. The van der Waals surface area contributed by atoms with E-state index in [0.29, 0.717) is 19.3 Å². The zero-order valence-electron chi connectivity index (χ0n) is 47.0. The van der Waals surface area contributed by atoms with Crippen molar-refractivity contribution in [3.05, 3.63) is 72.9 Å². The van der Waals surface area contributed by atoms with Crippen molar-refractivity contribution in [2.45, 2.75) is 309 Å². The molecule has 0 radical (unpaired) electrons. The Hall–Kier alpha value is -3.15. The molecule has 1 unspecified atom stereocenters. The third kappa shape index (κ3) is 57.6. The molecule has 0 aromatic rings. The van der Waals surface area contributed by atoms with Gasteiger partial charge in [0, 0.05) is 19.3 Å². The molecule has 0 aliphatic carbocycles. The van der Waals surface area contributed by atoms with Crippen molar-refractivity contribution in [2.24, 2.45) is 0 Å². The quantitative estimate of drug-likeness (QED) is 0.0261. The highest BCUT2D eigenvalue weighted by atomic mass is 16.6. The van der Waals surface area contributed by atoms with Crippen LogP contribution in [-0.4, -0.2) is 37.2 Å². The van der Waals surface area contributed by atoms with Crippen molar-refractivity contribution in [2.75, 3.05) is 13.2 Å². The molecule has 0 rings (SSSR count). The van der Waals surface area contributed by atoms with Crippen LogP contribution in [0.3, 0.4) is 0 Å². The van der Waals surface area contributed by atoms with Gasteiger partial charge < -0.3 is 14.2 Å². The van der Waals surface area contributed by atoms with Crippen molar-refractivity contribution < 1.29 is 28.6 Å². The van der Waals surface area contributed by atoms with Crippen LogP contribution in [0.1, 0.15) is 303 Å². The van der Waals surface area contributed by atoms with Gasteiger partial charge in [0.05, 0.1) is 0 Å². The molecule has 0 bridgehead atoms. The highest BCUT2D eigenvalue weighted by molar-refractivity contribution is 5.71. The van der Waals surface area contributed by atoms with Gasteiger partial charge in [0.15, 0.2) is 6.10 Å². The summed E-state index contributed by atoms with van der Waals surface area (Å²) in [6.07, 6.45) is 76.1. The lowest BCUT2D eigenvalue weighted by Crippen LogP contribution is -2.30. The summed E-state index contributed by atoms with van der Waals surface area (Å²) in [7, 11) is 0. The standard InChI is InChI=1S/C65H114O6/c1-4-7-10-13-16-19-22-25-27-28-29-30-31-32-33-34-35-36-37-38-39-41-43-46-49-52-55-58-64(67)70-61-62(60-69-63(66)57-54-51-48-45-42-24-21-18-15-12-9-6-3)71-65(68)59-56-53-50-47-44-40-26-23-20-17-14-11-8-5-2/h7,10,16,19,23,25-27,29-30,32-33,62H,4-6,8-9,11-15,17-18,20-22,24,28,31,34-61H2,1-3H3/b10-7-,19-16-,26-23-,27-25-,30-29-,33-32-. The first kappa shape index (κ1) is 67.8. The van der Waals surface area contributed by atoms with Crippen LogP contribution in [0.4, 0.5) is 0 Å². The molecular weight excluding hydrogens is 877 g/mol. The first-order valence-corrected chi connectivity index (χ1v) is 30.4. The fourth-order valence-corrected chi connectivity index (χ4v) is 8.64. The molecule has 6 heteroatoms. The number of allylic oxidation sites excluding steroid dienone is 12. The van der Waals surface area contributed by atoms with Gasteiger partial charge in [0.25, 0.3) is 0 Å². The number of esters is 3. The molecular formula is C65H114O6. The fraction of sp³-hybridized carbons (Fsp3) is 0.769. The molecule has 0 aromatic heterocycles. The number of hydrogen-bond donors (Lipinski definition) is 0. The van der Waals surface area contributed by atoms with E-state index < -0.39 is 6.10 Å². The summed E-state index contributed by atoms with van der Waals surface area (Å²) in [5, 5.41) is 0. The van der Waals surface area contributed by atoms with Gasteiger partial charge in [-0.05, 0) is 89.9 Å². The Kier molecular flexibility index (Phi) is 56.8. The number of carbonyl (C=O) groups is 3. The summed E-state index contributed by atoms with van der Waals surface area (Å²) < 4.78 is 16.9. The number of hydrogen-bond acceptors (Lipinski definition) is 6. The van der Waals surface area contributed by atoms with E-state index in [1.165, 1.54) is 161 Å². The second-order valence-corrected chi connectivity index (χ2v) is 20.2. The van der Waals surface area contributed by atoms with E-state index in [2.05, 4.69) is 93.7 Å². The summed E-state index contributed by atoms with van der Waals surface area (Å²) in [5.41, 5.74) is 0. The third-order valence-electron chi connectivity index (χ3n) is 13.2. The van der Waals surface area contributed by atoms with Gasteiger partial charge in [-0.3, -0.25) is 14.4 Å². The molecule has 410 valence electrons. The lowest BCUT2D eigenvalue weighted by Gasteiger charge is -2.18. The van der Waals surface area contributed by atoms with Crippen molar-refractivity contribution in [3.8, 4) is 0 Å². The van der Waals surface area contributed by atoms with E-state index in [-0.39, 0.29) is 31.1 Å². The minimum atomic E-state index is -0.778. The molecule has 0 heterocycles. The van der Waals surface area contributed by atoms with E-state index in [1.54, 1.807) is 0 Å². The van der Waals surface area contributed by atoms with E-state index in [4.69, 9.17) is 14.2 Å². The lowest BCUT2D eigenvalue weighted by molar-refractivity contribution is -0.167. The van der Waals surface area contributed by atoms with Crippen molar-refractivity contribution in [3.63, 3.8) is 0 Å². The number of unbranched alkanes of at least 4 members (excludes halogenated alkanes) is 32. The minimum absolute atomic E-state index is 0.0759. The Balaban J connectivity index is 4.24. The smallest absolute Gasteiger partial charge is 0.306 e. The number of carbonyl (C=O) groups excluding carboxylic acids is 3. The first-order chi connectivity index (χ1) is 35.0. The summed E-state index contributed by atoms with van der Waals surface area (Å²) in [4.78, 5) is 38.2. The Morgan fingerprint density at radius 2 is 0.549 bits per heavy atom. The largest absolute Gasteiger partial charge is 0.462 e. The minimum Gasteiger partial charge on any atom is -0.462 e. The second kappa shape index (κ2) is 59.4. The van der Waals surface area contributed by atoms with Crippen LogP contribution >= 0.6 is 0 Å². The molecule has 0 amide bonds. The monoisotopic (exact) mass is 991 g/mol. The molecule has 0 fully saturated rings. The molecule has 0 spiro atoms. The van der Waals surface area contributed by atoms with Crippen molar-refractivity contribution in [1.29, 1.82) is 0 Å². The molecule has 6 nitrogen and oxygen atoms in total. The fourth-order valence-electron chi connectivity index (χ4n) is 8.64. The molecule has 1 atom stereocenters. The van der Waals surface area contributed by atoms with Gasteiger partial charge in [-0.15, -0.1) is 0 Å². The molecule has 0 saturated carbocycles. The number of rotatable bonds is 55. The van der Waals surface area contributed by atoms with Gasteiger partial charge in [-0.25, -0.2) is 0 Å². The van der Waals surface area contributed by atoms with Crippen molar-refractivity contribution in [1.82, 2.24) is 0 Å². The Bertz CT molecular complexity index is 1320. The average molecular weight is 992 g/mol. The number of ether oxygens (including phenoxy) is 3. The summed E-state index contributed by atoms with van der Waals surface area (Å²) >= 11 is 0. The maximum absolute atomic E-state index is 12.8. The van der Waals surface area contributed by atoms with Gasteiger partial charge >= 0.3 is 17.9 Å². The molecule has 0 aromatic carbocycles. The molecule has 0 N–H and O–H groups in total. The topological polar surface area (TPSA) is 78.9 Å². The second-order valence-electron chi connectivity index (χ2n) is 20.2. The zero-order chi connectivity index (χ0) is 51.4. The highest BCUT2D eigenvalue weighted by Crippen LogP contribution is 2.16. The predicted molar refractivity (Wildman–Crippen MR) is 307 cm³/mol. The summed E-state index contributed by atoms with van der Waals surface area (Å²) in [5.74, 6) is -0.876. The Morgan fingerprint density at radius 1 is 0.296 bits per heavy atom. The molecule has 71 heavy (non-hydrogen) atoms. The van der Waals surface area contributed by atoms with Crippen LogP contribution in [0, 0.1) is 0 Å². The van der Waals surface area contributed by atoms with Crippen LogP contribution in [0.2, 0.25) is 0 Å². The van der Waals surface area contributed by atoms with Crippen LogP contribution < -0.4 is 0 Å². The van der Waals surface area contributed by atoms with Crippen LogP contribution in [0.5, 0.6) is 0 Å². The summed E-state index contributed by atoms with van der Waals surface area (Å²) in [6.45, 7) is 6.53. The van der Waals surface area contributed by atoms with Gasteiger partial charge in [0.1, 0.15) is 13.2 Å². The third-order valence-corrected chi connectivity index (χ3v) is 13.2. The summed E-state index contributed by atoms with van der Waals surface area (Å²) in [6, 6.07) is 0. The Labute approximate surface area is 440 Å². The van der Waals surface area contributed by atoms with Crippen molar-refractivity contribution >= 4 is 17.9 Å². The molecule has 0 saturated heterocycles. The van der Waals surface area contributed by atoms with E-state index in [9.17, 15) is 14.4 Å². The maximum Gasteiger partial charge on any atom is 0.306 e. The average Bonchev–Trinajstić information content (AvgIpc) is 3.37. The van der Waals surface area contributed by atoms with Gasteiger partial charge in [0.2, 0.25) is 0 Å². The predicted octanol–water partition coefficient (Wildman–Crippen LogP) is 20.5. The van der Waals surface area contributed by atoms with Crippen LogP contribution in [-0.2, 0) is 28.6 Å².